The predicted molar refractivity (Wildman–Crippen MR) is 68.9 cm³/mol. The van der Waals surface area contributed by atoms with Crippen molar-refractivity contribution < 1.29 is 9.53 Å². The minimum absolute atomic E-state index is 0.288. The van der Waals surface area contributed by atoms with Crippen LogP contribution < -0.4 is 4.74 Å². The lowest BCUT2D eigenvalue weighted by Crippen LogP contribution is -2.03. The minimum Gasteiger partial charge on any atom is -0.497 e. The van der Waals surface area contributed by atoms with Gasteiger partial charge in [-0.25, -0.2) is 0 Å². The van der Waals surface area contributed by atoms with Crippen molar-refractivity contribution in [1.29, 1.82) is 0 Å². The maximum atomic E-state index is 11.7. The fraction of sp³-hybridized carbons (Fsp3) is 0.462. The standard InChI is InChI=1S/C13H17BrO2/c1-3-4-5-11(15)8-10-9-12(16-2)6-7-13(10)14/h6-7,9H,3-5,8H2,1-2H3. The van der Waals surface area contributed by atoms with E-state index < -0.39 is 0 Å². The van der Waals surface area contributed by atoms with Crippen molar-refractivity contribution in [3.05, 3.63) is 28.2 Å². The van der Waals surface area contributed by atoms with Gasteiger partial charge in [-0.2, -0.15) is 0 Å². The zero-order chi connectivity index (χ0) is 12.0. The number of unbranched alkanes of at least 4 members (excludes halogenated alkanes) is 1. The fourth-order valence-electron chi connectivity index (χ4n) is 1.49. The average molecular weight is 285 g/mol. The summed E-state index contributed by atoms with van der Waals surface area (Å²) in [5.74, 6) is 1.08. The van der Waals surface area contributed by atoms with E-state index in [-0.39, 0.29) is 5.78 Å². The van der Waals surface area contributed by atoms with E-state index in [1.54, 1.807) is 7.11 Å². The second-order valence-electron chi connectivity index (χ2n) is 3.78. The molecule has 16 heavy (non-hydrogen) atoms. The van der Waals surface area contributed by atoms with Crippen molar-refractivity contribution in [3.63, 3.8) is 0 Å². The van der Waals surface area contributed by atoms with Crippen LogP contribution in [0.2, 0.25) is 0 Å². The average Bonchev–Trinajstić information content (AvgIpc) is 2.29. The molecule has 1 rings (SSSR count). The number of benzene rings is 1. The topological polar surface area (TPSA) is 26.3 Å². The molecule has 88 valence electrons. The highest BCUT2D eigenvalue weighted by atomic mass is 79.9. The monoisotopic (exact) mass is 284 g/mol. The fourth-order valence-corrected chi connectivity index (χ4v) is 1.88. The normalized spacial score (nSPS) is 10.2. The van der Waals surface area contributed by atoms with Gasteiger partial charge < -0.3 is 4.74 Å². The third-order valence-electron chi connectivity index (χ3n) is 2.45. The van der Waals surface area contributed by atoms with Crippen LogP contribution in [0.3, 0.4) is 0 Å². The van der Waals surface area contributed by atoms with E-state index in [0.29, 0.717) is 12.8 Å². The summed E-state index contributed by atoms with van der Waals surface area (Å²) in [5.41, 5.74) is 1.00. The summed E-state index contributed by atoms with van der Waals surface area (Å²) in [6.45, 7) is 2.09. The maximum Gasteiger partial charge on any atom is 0.137 e. The van der Waals surface area contributed by atoms with Gasteiger partial charge in [0.25, 0.3) is 0 Å². The lowest BCUT2D eigenvalue weighted by Gasteiger charge is -2.06. The first-order valence-corrected chi connectivity index (χ1v) is 6.30. The predicted octanol–water partition coefficient (Wildman–Crippen LogP) is 3.76. The highest BCUT2D eigenvalue weighted by Gasteiger charge is 2.07. The van der Waals surface area contributed by atoms with Gasteiger partial charge in [-0.05, 0) is 30.2 Å². The largest absolute Gasteiger partial charge is 0.497 e. The Kier molecular flexibility index (Phi) is 5.53. The molecule has 1 aromatic rings. The maximum absolute atomic E-state index is 11.7. The molecule has 3 heteroatoms. The molecule has 0 aliphatic heterocycles. The first kappa shape index (κ1) is 13.2. The van der Waals surface area contributed by atoms with Gasteiger partial charge in [-0.1, -0.05) is 29.3 Å². The Morgan fingerprint density at radius 3 is 2.81 bits per heavy atom. The molecule has 0 radical (unpaired) electrons. The molecular weight excluding hydrogens is 268 g/mol. The molecule has 0 heterocycles. The van der Waals surface area contributed by atoms with Crippen LogP contribution in [0.1, 0.15) is 31.7 Å². The number of Topliss-reactive ketones (excluding diaryl/α,β-unsaturated/α-hetero) is 1. The molecule has 0 aliphatic carbocycles. The molecule has 2 nitrogen and oxygen atoms in total. The molecular formula is C13H17BrO2. The number of halogens is 1. The number of ether oxygens (including phenoxy) is 1. The van der Waals surface area contributed by atoms with Crippen molar-refractivity contribution in [2.75, 3.05) is 7.11 Å². The summed E-state index contributed by atoms with van der Waals surface area (Å²) in [4.78, 5) is 11.7. The zero-order valence-corrected chi connectivity index (χ0v) is 11.3. The van der Waals surface area contributed by atoms with Gasteiger partial charge in [0.15, 0.2) is 0 Å². The first-order chi connectivity index (χ1) is 7.67. The van der Waals surface area contributed by atoms with Crippen LogP contribution in [0.4, 0.5) is 0 Å². The van der Waals surface area contributed by atoms with E-state index >= 15 is 0 Å². The molecule has 1 aromatic carbocycles. The van der Waals surface area contributed by atoms with Crippen LogP contribution in [0, 0.1) is 0 Å². The smallest absolute Gasteiger partial charge is 0.137 e. The van der Waals surface area contributed by atoms with Gasteiger partial charge in [0, 0.05) is 17.3 Å². The summed E-state index contributed by atoms with van der Waals surface area (Å²) in [6.07, 6.45) is 3.18. The van der Waals surface area contributed by atoms with Crippen LogP contribution in [0.5, 0.6) is 5.75 Å². The molecule has 0 aromatic heterocycles. The number of ketones is 1. The Morgan fingerprint density at radius 2 is 2.19 bits per heavy atom. The van der Waals surface area contributed by atoms with Crippen LogP contribution in [-0.2, 0) is 11.2 Å². The Labute approximate surface area is 105 Å². The van der Waals surface area contributed by atoms with E-state index in [0.717, 1.165) is 28.6 Å². The molecule has 0 saturated carbocycles. The Balaban J connectivity index is 2.68. The number of carbonyl (C=O) groups is 1. The van der Waals surface area contributed by atoms with Crippen molar-refractivity contribution in [2.24, 2.45) is 0 Å². The van der Waals surface area contributed by atoms with E-state index in [1.165, 1.54) is 0 Å². The minimum atomic E-state index is 0.288. The van der Waals surface area contributed by atoms with Gasteiger partial charge in [-0.15, -0.1) is 0 Å². The molecule has 0 amide bonds. The lowest BCUT2D eigenvalue weighted by molar-refractivity contribution is -0.118. The molecule has 0 aliphatic rings. The molecule has 0 spiro atoms. The van der Waals surface area contributed by atoms with E-state index in [4.69, 9.17) is 4.74 Å². The summed E-state index contributed by atoms with van der Waals surface area (Å²) >= 11 is 3.45. The Hall–Kier alpha value is -0.830. The summed E-state index contributed by atoms with van der Waals surface area (Å²) in [5, 5.41) is 0. The molecule has 0 fully saturated rings. The van der Waals surface area contributed by atoms with Crippen LogP contribution in [0.25, 0.3) is 0 Å². The Morgan fingerprint density at radius 1 is 1.44 bits per heavy atom. The second-order valence-corrected chi connectivity index (χ2v) is 4.63. The third-order valence-corrected chi connectivity index (χ3v) is 3.22. The zero-order valence-electron chi connectivity index (χ0n) is 9.75. The van der Waals surface area contributed by atoms with Crippen LogP contribution in [0.15, 0.2) is 22.7 Å². The summed E-state index contributed by atoms with van der Waals surface area (Å²) < 4.78 is 6.11. The number of methoxy groups -OCH3 is 1. The highest BCUT2D eigenvalue weighted by molar-refractivity contribution is 9.10. The van der Waals surface area contributed by atoms with Crippen molar-refractivity contribution in [3.8, 4) is 5.75 Å². The van der Waals surface area contributed by atoms with E-state index in [9.17, 15) is 4.79 Å². The highest BCUT2D eigenvalue weighted by Crippen LogP contribution is 2.23. The molecule has 0 saturated heterocycles. The van der Waals surface area contributed by atoms with Gasteiger partial charge in [0.05, 0.1) is 7.11 Å². The van der Waals surface area contributed by atoms with Gasteiger partial charge in [0.2, 0.25) is 0 Å². The molecule has 0 bridgehead atoms. The number of rotatable bonds is 6. The van der Waals surface area contributed by atoms with Crippen molar-refractivity contribution in [1.82, 2.24) is 0 Å². The molecule has 0 atom stereocenters. The summed E-state index contributed by atoms with van der Waals surface area (Å²) in [7, 11) is 1.63. The van der Waals surface area contributed by atoms with Crippen LogP contribution in [-0.4, -0.2) is 12.9 Å². The van der Waals surface area contributed by atoms with Gasteiger partial charge >= 0.3 is 0 Å². The number of hydrogen-bond donors (Lipinski definition) is 0. The molecule has 0 N–H and O–H groups in total. The van der Waals surface area contributed by atoms with Crippen LogP contribution >= 0.6 is 15.9 Å². The lowest BCUT2D eigenvalue weighted by atomic mass is 10.0. The van der Waals surface area contributed by atoms with Crippen molar-refractivity contribution >= 4 is 21.7 Å². The van der Waals surface area contributed by atoms with Crippen molar-refractivity contribution in [2.45, 2.75) is 32.6 Å². The quantitative estimate of drug-likeness (QED) is 0.795. The third kappa shape index (κ3) is 3.97. The SMILES string of the molecule is CCCCC(=O)Cc1cc(OC)ccc1Br. The van der Waals surface area contributed by atoms with E-state index in [2.05, 4.69) is 22.9 Å². The van der Waals surface area contributed by atoms with Gasteiger partial charge in [0.1, 0.15) is 11.5 Å². The summed E-state index contributed by atoms with van der Waals surface area (Å²) in [6, 6.07) is 5.71. The van der Waals surface area contributed by atoms with Gasteiger partial charge in [-0.3, -0.25) is 4.79 Å². The second kappa shape index (κ2) is 6.69. The number of hydrogen-bond acceptors (Lipinski definition) is 2. The Bertz CT molecular complexity index is 361. The first-order valence-electron chi connectivity index (χ1n) is 5.51. The van der Waals surface area contributed by atoms with E-state index in [1.807, 2.05) is 18.2 Å². The number of carbonyl (C=O) groups excluding carboxylic acids is 1. The molecule has 0 unspecified atom stereocenters.